The number of nitrogens with one attached hydrogen (secondary N) is 1. The Bertz CT molecular complexity index is 999. The van der Waals surface area contributed by atoms with Crippen molar-refractivity contribution in [1.29, 1.82) is 0 Å². The van der Waals surface area contributed by atoms with E-state index in [9.17, 15) is 9.18 Å². The summed E-state index contributed by atoms with van der Waals surface area (Å²) in [6.45, 7) is 1.80. The number of hydrogen-bond donors (Lipinski definition) is 1. The fourth-order valence-electron chi connectivity index (χ4n) is 2.80. The lowest BCUT2D eigenvalue weighted by atomic mass is 10.0. The van der Waals surface area contributed by atoms with E-state index in [1.54, 1.807) is 32.2 Å². The number of rotatable bonds is 6. The molecule has 28 heavy (non-hydrogen) atoms. The fourth-order valence-corrected chi connectivity index (χ4v) is 3.05. The molecule has 1 heterocycles. The zero-order valence-corrected chi connectivity index (χ0v) is 16.3. The summed E-state index contributed by atoms with van der Waals surface area (Å²) in [5.74, 6) is 0.356. The number of nitrogens with zero attached hydrogens (tertiary/aromatic N) is 1. The minimum atomic E-state index is -0.588. The van der Waals surface area contributed by atoms with Gasteiger partial charge in [-0.05, 0) is 36.8 Å². The number of halogens is 2. The van der Waals surface area contributed by atoms with Crippen molar-refractivity contribution in [3.05, 3.63) is 64.1 Å². The van der Waals surface area contributed by atoms with Crippen LogP contribution < -0.4 is 14.8 Å². The number of carbonyl (C=O) groups is 1. The Morgan fingerprint density at radius 3 is 2.64 bits per heavy atom. The van der Waals surface area contributed by atoms with E-state index in [0.29, 0.717) is 11.5 Å². The predicted octanol–water partition coefficient (Wildman–Crippen LogP) is 4.39. The van der Waals surface area contributed by atoms with Gasteiger partial charge in [0.05, 0.1) is 24.8 Å². The van der Waals surface area contributed by atoms with Crippen molar-refractivity contribution in [3.8, 4) is 22.8 Å². The molecular formula is C20H18ClFN2O4. The van der Waals surface area contributed by atoms with E-state index < -0.39 is 11.7 Å². The lowest BCUT2D eigenvalue weighted by Gasteiger charge is -2.11. The highest BCUT2D eigenvalue weighted by Crippen LogP contribution is 2.33. The third-order valence-corrected chi connectivity index (χ3v) is 4.51. The molecule has 0 saturated heterocycles. The SMILES string of the molecule is COc1ccc(CNC(=O)c2c(-c3c(F)cccc3Cl)noc2C)cc1OC. The summed E-state index contributed by atoms with van der Waals surface area (Å²) in [7, 11) is 3.08. The molecule has 0 unspecified atom stereocenters. The highest BCUT2D eigenvalue weighted by atomic mass is 35.5. The van der Waals surface area contributed by atoms with Crippen molar-refractivity contribution in [1.82, 2.24) is 10.5 Å². The molecule has 0 aliphatic rings. The van der Waals surface area contributed by atoms with Gasteiger partial charge in [-0.25, -0.2) is 4.39 Å². The predicted molar refractivity (Wildman–Crippen MR) is 102 cm³/mol. The Morgan fingerprint density at radius 1 is 1.21 bits per heavy atom. The summed E-state index contributed by atoms with van der Waals surface area (Å²) in [6.07, 6.45) is 0. The van der Waals surface area contributed by atoms with Gasteiger partial charge in [0.25, 0.3) is 5.91 Å². The summed E-state index contributed by atoms with van der Waals surface area (Å²) in [6, 6.07) is 9.55. The van der Waals surface area contributed by atoms with Gasteiger partial charge in [-0.3, -0.25) is 4.79 Å². The summed E-state index contributed by atoms with van der Waals surface area (Å²) in [4.78, 5) is 12.8. The lowest BCUT2D eigenvalue weighted by Crippen LogP contribution is -2.23. The number of hydrogen-bond acceptors (Lipinski definition) is 5. The van der Waals surface area contributed by atoms with Crippen LogP contribution in [-0.4, -0.2) is 25.3 Å². The first-order chi connectivity index (χ1) is 13.5. The first-order valence-corrected chi connectivity index (χ1v) is 8.73. The van der Waals surface area contributed by atoms with Crippen LogP contribution in [0.1, 0.15) is 21.7 Å². The van der Waals surface area contributed by atoms with Crippen LogP contribution in [0, 0.1) is 12.7 Å². The number of carbonyl (C=O) groups excluding carboxylic acids is 1. The molecule has 1 amide bonds. The van der Waals surface area contributed by atoms with Gasteiger partial charge in [0, 0.05) is 6.54 Å². The van der Waals surface area contributed by atoms with Crippen molar-refractivity contribution in [2.75, 3.05) is 14.2 Å². The molecule has 0 radical (unpaired) electrons. The molecule has 0 aliphatic heterocycles. The Labute approximate surface area is 166 Å². The number of benzene rings is 2. The average molecular weight is 405 g/mol. The largest absolute Gasteiger partial charge is 0.493 e. The molecule has 0 atom stereocenters. The van der Waals surface area contributed by atoms with E-state index >= 15 is 0 Å². The standard InChI is InChI=1S/C20H18ClFN2O4/c1-11-17(19(24-28-11)18-13(21)5-4-6-14(18)22)20(25)23-10-12-7-8-15(26-2)16(9-12)27-3/h4-9H,10H2,1-3H3,(H,23,25). The maximum atomic E-state index is 14.3. The summed E-state index contributed by atoms with van der Waals surface area (Å²) in [5.41, 5.74) is 1.01. The fraction of sp³-hybridized carbons (Fsp3) is 0.200. The summed E-state index contributed by atoms with van der Waals surface area (Å²) >= 11 is 6.11. The van der Waals surface area contributed by atoms with E-state index in [1.165, 1.54) is 25.3 Å². The van der Waals surface area contributed by atoms with Gasteiger partial charge in [0.15, 0.2) is 11.5 Å². The van der Waals surface area contributed by atoms with E-state index in [0.717, 1.165) is 5.56 Å². The van der Waals surface area contributed by atoms with Gasteiger partial charge in [-0.2, -0.15) is 0 Å². The monoisotopic (exact) mass is 404 g/mol. The van der Waals surface area contributed by atoms with E-state index in [2.05, 4.69) is 10.5 Å². The Morgan fingerprint density at radius 2 is 1.96 bits per heavy atom. The molecule has 146 valence electrons. The zero-order valence-electron chi connectivity index (χ0n) is 15.5. The van der Waals surface area contributed by atoms with Crippen LogP contribution in [0.25, 0.3) is 11.3 Å². The molecule has 0 spiro atoms. The van der Waals surface area contributed by atoms with Crippen LogP contribution in [0.2, 0.25) is 5.02 Å². The first-order valence-electron chi connectivity index (χ1n) is 8.36. The van der Waals surface area contributed by atoms with Crippen molar-refractivity contribution in [2.24, 2.45) is 0 Å². The third-order valence-electron chi connectivity index (χ3n) is 4.19. The molecule has 8 heteroatoms. The molecule has 3 aromatic rings. The minimum Gasteiger partial charge on any atom is -0.493 e. The second kappa shape index (κ2) is 8.31. The normalized spacial score (nSPS) is 10.6. The molecular weight excluding hydrogens is 387 g/mol. The smallest absolute Gasteiger partial charge is 0.257 e. The first kappa shape index (κ1) is 19.7. The van der Waals surface area contributed by atoms with Crippen LogP contribution in [0.5, 0.6) is 11.5 Å². The Kier molecular flexibility index (Phi) is 5.84. The average Bonchev–Trinajstić information content (AvgIpc) is 3.06. The highest BCUT2D eigenvalue weighted by molar-refractivity contribution is 6.33. The number of aromatic nitrogens is 1. The van der Waals surface area contributed by atoms with Crippen LogP contribution in [0.4, 0.5) is 4.39 Å². The Balaban J connectivity index is 1.86. The molecule has 1 aromatic heterocycles. The lowest BCUT2D eigenvalue weighted by molar-refractivity contribution is 0.0950. The van der Waals surface area contributed by atoms with Crippen molar-refractivity contribution in [2.45, 2.75) is 13.5 Å². The summed E-state index contributed by atoms with van der Waals surface area (Å²) in [5, 5.41) is 6.76. The zero-order chi connectivity index (χ0) is 20.3. The van der Waals surface area contributed by atoms with Crippen molar-refractivity contribution in [3.63, 3.8) is 0 Å². The van der Waals surface area contributed by atoms with Crippen LogP contribution in [-0.2, 0) is 6.54 Å². The number of methoxy groups -OCH3 is 2. The molecule has 2 aromatic carbocycles. The van der Waals surface area contributed by atoms with Gasteiger partial charge >= 0.3 is 0 Å². The Hall–Kier alpha value is -3.06. The van der Waals surface area contributed by atoms with Crippen molar-refractivity contribution < 1.29 is 23.2 Å². The third kappa shape index (κ3) is 3.80. The second-order valence-electron chi connectivity index (χ2n) is 5.93. The van der Waals surface area contributed by atoms with Crippen molar-refractivity contribution >= 4 is 17.5 Å². The maximum Gasteiger partial charge on any atom is 0.257 e. The van der Waals surface area contributed by atoms with Gasteiger partial charge in [0.1, 0.15) is 22.8 Å². The van der Waals surface area contributed by atoms with Gasteiger partial charge in [0.2, 0.25) is 0 Å². The summed E-state index contributed by atoms with van der Waals surface area (Å²) < 4.78 is 29.9. The molecule has 6 nitrogen and oxygen atoms in total. The molecule has 1 N–H and O–H groups in total. The minimum absolute atomic E-state index is 0.0253. The molecule has 0 aliphatic carbocycles. The maximum absolute atomic E-state index is 14.3. The highest BCUT2D eigenvalue weighted by Gasteiger charge is 2.25. The van der Waals surface area contributed by atoms with Gasteiger partial charge < -0.3 is 19.3 Å². The number of amides is 1. The van der Waals surface area contributed by atoms with Crippen LogP contribution in [0.3, 0.4) is 0 Å². The molecule has 0 bridgehead atoms. The van der Waals surface area contributed by atoms with Gasteiger partial charge in [-0.15, -0.1) is 0 Å². The van der Waals surface area contributed by atoms with Crippen LogP contribution in [0.15, 0.2) is 40.9 Å². The topological polar surface area (TPSA) is 73.6 Å². The number of aryl methyl sites for hydroxylation is 1. The number of ether oxygens (including phenoxy) is 2. The quantitative estimate of drug-likeness (QED) is 0.659. The molecule has 3 rings (SSSR count). The van der Waals surface area contributed by atoms with E-state index in [-0.39, 0.29) is 34.1 Å². The van der Waals surface area contributed by atoms with Crippen LogP contribution >= 0.6 is 11.6 Å². The van der Waals surface area contributed by atoms with E-state index in [4.69, 9.17) is 25.6 Å². The second-order valence-corrected chi connectivity index (χ2v) is 6.34. The van der Waals surface area contributed by atoms with E-state index in [1.807, 2.05) is 0 Å². The molecule has 0 fully saturated rings. The molecule has 0 saturated carbocycles. The van der Waals surface area contributed by atoms with Gasteiger partial charge in [-0.1, -0.05) is 28.9 Å².